The highest BCUT2D eigenvalue weighted by molar-refractivity contribution is 7.16. The third-order valence-corrected chi connectivity index (χ3v) is 9.29. The highest BCUT2D eigenvalue weighted by Crippen LogP contribution is 2.41. The Hall–Kier alpha value is -4.95. The molecule has 0 bridgehead atoms. The number of thiazole rings is 1. The van der Waals surface area contributed by atoms with Gasteiger partial charge in [-0.1, -0.05) is 36.1 Å². The lowest BCUT2D eigenvalue weighted by Crippen LogP contribution is -2.51. The Morgan fingerprint density at radius 2 is 2.02 bits per heavy atom. The maximum Gasteiger partial charge on any atom is 0.227 e. The SMILES string of the molecule is C=C(/C=N\C(=C/C)C1=CN2C(=C(C)CC(CC)=C2N(C)c2nc(-c3ccc(F)cc3)c(C#N)s2)C=C1)CC(=O)N1CC(CN=O)C1. The van der Waals surface area contributed by atoms with Crippen LogP contribution in [0.2, 0.25) is 0 Å². The fraction of sp³-hybridized carbons (Fsp3) is 0.314. The Kier molecular flexibility index (Phi) is 9.87. The Morgan fingerprint density at radius 1 is 1.28 bits per heavy atom. The summed E-state index contributed by atoms with van der Waals surface area (Å²) in [5.74, 6) is 0.723. The smallest absolute Gasteiger partial charge is 0.227 e. The molecule has 0 radical (unpaired) electrons. The van der Waals surface area contributed by atoms with Crippen molar-refractivity contribution in [1.29, 1.82) is 5.26 Å². The van der Waals surface area contributed by atoms with Crippen molar-refractivity contribution < 1.29 is 9.18 Å². The van der Waals surface area contributed by atoms with Crippen LogP contribution in [0.1, 0.15) is 44.9 Å². The van der Waals surface area contributed by atoms with Crippen molar-refractivity contribution in [3.63, 3.8) is 0 Å². The minimum atomic E-state index is -0.345. The van der Waals surface area contributed by atoms with Gasteiger partial charge >= 0.3 is 0 Å². The summed E-state index contributed by atoms with van der Waals surface area (Å²) < 4.78 is 13.6. The van der Waals surface area contributed by atoms with Crippen molar-refractivity contribution in [2.75, 3.05) is 31.6 Å². The van der Waals surface area contributed by atoms with E-state index in [9.17, 15) is 19.4 Å². The van der Waals surface area contributed by atoms with Crippen molar-refractivity contribution in [3.8, 4) is 17.3 Å². The number of likely N-dealkylation sites (tertiary alicyclic amines) is 1. The topological polar surface area (TPSA) is 105 Å². The molecule has 11 heteroatoms. The Balaban J connectivity index is 1.39. The van der Waals surface area contributed by atoms with Crippen LogP contribution >= 0.6 is 11.3 Å². The molecule has 4 heterocycles. The molecule has 1 fully saturated rings. The van der Waals surface area contributed by atoms with Crippen LogP contribution in [-0.4, -0.2) is 53.6 Å². The summed E-state index contributed by atoms with van der Waals surface area (Å²) in [5.41, 5.74) is 6.94. The molecule has 0 N–H and O–H groups in total. The molecule has 3 aliphatic heterocycles. The minimum Gasteiger partial charge on any atom is -0.342 e. The monoisotopic (exact) mass is 637 g/mol. The van der Waals surface area contributed by atoms with Gasteiger partial charge in [-0.3, -0.25) is 9.79 Å². The minimum absolute atomic E-state index is 0.0368. The third-order valence-electron chi connectivity index (χ3n) is 8.25. The maximum atomic E-state index is 13.6. The van der Waals surface area contributed by atoms with E-state index in [0.717, 1.165) is 35.6 Å². The molecule has 46 heavy (non-hydrogen) atoms. The number of halogens is 1. The van der Waals surface area contributed by atoms with E-state index in [1.807, 2.05) is 31.0 Å². The molecule has 1 amide bonds. The van der Waals surface area contributed by atoms with Gasteiger partial charge in [-0.2, -0.15) is 10.2 Å². The van der Waals surface area contributed by atoms with Crippen molar-refractivity contribution >= 4 is 28.6 Å². The zero-order chi connectivity index (χ0) is 33.0. The zero-order valence-corrected chi connectivity index (χ0v) is 27.3. The number of nitrogens with zero attached hydrogens (tertiary/aromatic N) is 7. The summed E-state index contributed by atoms with van der Waals surface area (Å²) >= 11 is 1.30. The van der Waals surface area contributed by atoms with Crippen molar-refractivity contribution in [2.45, 2.75) is 40.0 Å². The summed E-state index contributed by atoms with van der Waals surface area (Å²) in [7, 11) is 1.95. The van der Waals surface area contributed by atoms with E-state index in [1.54, 1.807) is 23.2 Å². The van der Waals surface area contributed by atoms with Crippen LogP contribution in [0.25, 0.3) is 11.3 Å². The molecule has 0 unspecified atom stereocenters. The quantitative estimate of drug-likeness (QED) is 0.187. The van der Waals surface area contributed by atoms with Crippen LogP contribution in [0.3, 0.4) is 0 Å². The average Bonchev–Trinajstić information content (AvgIpc) is 3.47. The summed E-state index contributed by atoms with van der Waals surface area (Å²) in [4.78, 5) is 39.0. The Labute approximate surface area is 272 Å². The lowest BCUT2D eigenvalue weighted by atomic mass is 9.95. The van der Waals surface area contributed by atoms with Gasteiger partial charge in [-0.15, -0.1) is 0 Å². The highest BCUT2D eigenvalue weighted by atomic mass is 32.1. The van der Waals surface area contributed by atoms with E-state index in [0.29, 0.717) is 39.9 Å². The molecule has 1 aromatic carbocycles. The van der Waals surface area contributed by atoms with Gasteiger partial charge in [-0.25, -0.2) is 9.37 Å². The standard InChI is InChI=1S/C35H36FN7O2S/c1-6-25-15-23(4)30-13-10-27(29(7-2)38-17-22(3)14-32(44)42-19-24(20-42)18-39-45)21-43(30)34(25)41(5)35-40-33(31(16-37)46-35)26-8-11-28(36)12-9-26/h7-13,17,21,24H,3,6,14-15,18-20H2,1-2,4-5H3/b29-7-,38-17-. The van der Waals surface area contributed by atoms with Crippen molar-refractivity contribution in [2.24, 2.45) is 16.1 Å². The first-order chi connectivity index (χ1) is 22.2. The number of hydrogen-bond donors (Lipinski definition) is 0. The van der Waals surface area contributed by atoms with Gasteiger partial charge in [0, 0.05) is 55.3 Å². The molecule has 0 saturated carbocycles. The predicted molar refractivity (Wildman–Crippen MR) is 181 cm³/mol. The zero-order valence-electron chi connectivity index (χ0n) is 26.5. The first-order valence-corrected chi connectivity index (χ1v) is 16.0. The normalized spacial score (nSPS) is 16.8. The fourth-order valence-electron chi connectivity index (χ4n) is 5.76. The second-order valence-corrected chi connectivity index (χ2v) is 12.5. The lowest BCUT2D eigenvalue weighted by Gasteiger charge is -2.39. The van der Waals surface area contributed by atoms with Crippen LogP contribution in [0.5, 0.6) is 0 Å². The number of nitroso groups, excluding NO2 is 1. The van der Waals surface area contributed by atoms with Crippen LogP contribution in [0.15, 0.2) is 105 Å². The molecule has 0 spiro atoms. The molecule has 9 nitrogen and oxygen atoms in total. The molecule has 0 aliphatic carbocycles. The fourth-order valence-corrected chi connectivity index (χ4v) is 6.61. The third kappa shape index (κ3) is 6.67. The summed E-state index contributed by atoms with van der Waals surface area (Å²) in [6.07, 6.45) is 11.5. The number of amides is 1. The summed E-state index contributed by atoms with van der Waals surface area (Å²) in [5, 5.41) is 13.5. The average molecular weight is 638 g/mol. The molecular weight excluding hydrogens is 601 g/mol. The van der Waals surface area contributed by atoms with Gasteiger partial charge in [0.15, 0.2) is 5.13 Å². The maximum absolute atomic E-state index is 13.6. The summed E-state index contributed by atoms with van der Waals surface area (Å²) in [6.45, 7) is 11.6. The van der Waals surface area contributed by atoms with E-state index in [2.05, 4.69) is 48.8 Å². The molecular formula is C35H36FN7O2S. The first-order valence-electron chi connectivity index (χ1n) is 15.1. The molecule has 1 aromatic heterocycles. The molecule has 5 rings (SSSR count). The van der Waals surface area contributed by atoms with Crippen LogP contribution < -0.4 is 4.90 Å². The number of aliphatic imine (C=N–C) groups is 1. The van der Waals surface area contributed by atoms with E-state index < -0.39 is 0 Å². The van der Waals surface area contributed by atoms with Crippen LogP contribution in [0.4, 0.5) is 9.52 Å². The molecule has 236 valence electrons. The predicted octanol–water partition coefficient (Wildman–Crippen LogP) is 7.46. The first kappa shape index (κ1) is 32.4. The largest absolute Gasteiger partial charge is 0.342 e. The van der Waals surface area contributed by atoms with Gasteiger partial charge in [0.25, 0.3) is 0 Å². The lowest BCUT2D eigenvalue weighted by molar-refractivity contribution is -0.136. The number of anilines is 1. The van der Waals surface area contributed by atoms with Gasteiger partial charge < -0.3 is 14.7 Å². The Bertz CT molecular complexity index is 1780. The number of fused-ring (bicyclic) bond motifs is 1. The molecule has 0 atom stereocenters. The summed E-state index contributed by atoms with van der Waals surface area (Å²) in [6, 6.07) is 8.28. The van der Waals surface area contributed by atoms with E-state index in [-0.39, 0.29) is 30.6 Å². The highest BCUT2D eigenvalue weighted by Gasteiger charge is 2.31. The van der Waals surface area contributed by atoms with Crippen LogP contribution in [-0.2, 0) is 4.79 Å². The van der Waals surface area contributed by atoms with Gasteiger partial charge in [0.1, 0.15) is 28.3 Å². The van der Waals surface area contributed by atoms with E-state index in [4.69, 9.17) is 9.98 Å². The van der Waals surface area contributed by atoms with Crippen LogP contribution in [0, 0.1) is 28.0 Å². The number of aromatic nitrogens is 1. The second-order valence-electron chi connectivity index (χ2n) is 11.5. The number of hydrogen-bond acceptors (Lipinski definition) is 9. The van der Waals surface area contributed by atoms with Gasteiger partial charge in [-0.05, 0) is 79.8 Å². The van der Waals surface area contributed by atoms with Crippen molar-refractivity contribution in [1.82, 2.24) is 14.8 Å². The van der Waals surface area contributed by atoms with E-state index >= 15 is 0 Å². The number of nitriles is 1. The van der Waals surface area contributed by atoms with E-state index in [1.165, 1.54) is 34.6 Å². The van der Waals surface area contributed by atoms with Crippen molar-refractivity contribution in [3.05, 3.63) is 110 Å². The van der Waals surface area contributed by atoms with Gasteiger partial charge in [0.2, 0.25) is 5.91 Å². The molecule has 1 saturated heterocycles. The number of benzene rings is 1. The molecule has 3 aliphatic rings. The second kappa shape index (κ2) is 14.0. The number of carbonyl (C=O) groups excluding carboxylic acids is 1. The Morgan fingerprint density at radius 3 is 2.67 bits per heavy atom. The van der Waals surface area contributed by atoms with Gasteiger partial charge in [0.05, 0.1) is 18.7 Å². The number of allylic oxidation sites excluding steroid dienone is 5. The number of carbonyl (C=O) groups is 1. The number of rotatable bonds is 11. The molecule has 2 aromatic rings.